The van der Waals surface area contributed by atoms with Crippen LogP contribution >= 0.6 is 0 Å². The molecule has 0 atom stereocenters. The summed E-state index contributed by atoms with van der Waals surface area (Å²) in [6.45, 7) is 0.368. The van der Waals surface area contributed by atoms with E-state index in [0.717, 1.165) is 0 Å². The monoisotopic (exact) mass is 254 g/mol. The van der Waals surface area contributed by atoms with Gasteiger partial charge in [0.05, 0.1) is 7.11 Å². The van der Waals surface area contributed by atoms with Crippen molar-refractivity contribution in [3.8, 4) is 0 Å². The van der Waals surface area contributed by atoms with Gasteiger partial charge in [-0.05, 0) is 30.7 Å². The van der Waals surface area contributed by atoms with Gasteiger partial charge in [-0.1, -0.05) is 0 Å². The average Bonchev–Trinajstić information content (AvgIpc) is 2.35. The topological polar surface area (TPSA) is 67.4 Å². The Morgan fingerprint density at radius 3 is 2.56 bits per heavy atom. The lowest BCUT2D eigenvalue weighted by molar-refractivity contribution is -0.131. The van der Waals surface area contributed by atoms with Crippen LogP contribution in [0.2, 0.25) is 0 Å². The van der Waals surface area contributed by atoms with Gasteiger partial charge in [0.1, 0.15) is 5.82 Å². The highest BCUT2D eigenvalue weighted by molar-refractivity contribution is 5.94. The third-order valence-corrected chi connectivity index (χ3v) is 2.19. The molecule has 6 heteroatoms. The van der Waals surface area contributed by atoms with Crippen molar-refractivity contribution in [1.29, 1.82) is 0 Å². The van der Waals surface area contributed by atoms with Crippen LogP contribution in [0.1, 0.15) is 23.2 Å². The fourth-order valence-electron chi connectivity index (χ4n) is 1.32. The Hall–Kier alpha value is -1.95. The molecule has 0 unspecified atom stereocenters. The zero-order valence-corrected chi connectivity index (χ0v) is 10.0. The molecule has 0 spiro atoms. The number of hydrogen-bond donors (Lipinski definition) is 2. The zero-order valence-electron chi connectivity index (χ0n) is 10.0. The van der Waals surface area contributed by atoms with Crippen molar-refractivity contribution in [3.05, 3.63) is 35.6 Å². The highest BCUT2D eigenvalue weighted by atomic mass is 19.1. The van der Waals surface area contributed by atoms with E-state index in [1.807, 2.05) is 0 Å². The van der Waals surface area contributed by atoms with Crippen molar-refractivity contribution >= 4 is 11.8 Å². The Kier molecular flexibility index (Phi) is 5.79. The summed E-state index contributed by atoms with van der Waals surface area (Å²) in [7, 11) is 1.36. The Morgan fingerprint density at radius 2 is 1.94 bits per heavy atom. The molecule has 1 rings (SSSR count). The van der Waals surface area contributed by atoms with E-state index in [-0.39, 0.29) is 24.1 Å². The predicted molar refractivity (Wildman–Crippen MR) is 63.1 cm³/mol. The summed E-state index contributed by atoms with van der Waals surface area (Å²) < 4.78 is 12.6. The van der Waals surface area contributed by atoms with Gasteiger partial charge in [-0.3, -0.25) is 14.4 Å². The summed E-state index contributed by atoms with van der Waals surface area (Å²) in [5, 5.41) is 2.63. The molecule has 18 heavy (non-hydrogen) atoms. The van der Waals surface area contributed by atoms with Gasteiger partial charge in [0.25, 0.3) is 5.91 Å². The van der Waals surface area contributed by atoms with Crippen LogP contribution in [-0.2, 0) is 9.63 Å². The summed E-state index contributed by atoms with van der Waals surface area (Å²) in [4.78, 5) is 27.0. The first-order chi connectivity index (χ1) is 8.63. The highest BCUT2D eigenvalue weighted by Crippen LogP contribution is 2.02. The number of carbonyl (C=O) groups excluding carboxylic acids is 2. The van der Waals surface area contributed by atoms with Crippen molar-refractivity contribution in [3.63, 3.8) is 0 Å². The molecule has 0 fully saturated rings. The van der Waals surface area contributed by atoms with Gasteiger partial charge < -0.3 is 5.32 Å². The summed E-state index contributed by atoms with van der Waals surface area (Å²) in [6.07, 6.45) is 0.764. The van der Waals surface area contributed by atoms with E-state index in [0.29, 0.717) is 18.5 Å². The molecular formula is C12H15FN2O3. The van der Waals surface area contributed by atoms with E-state index < -0.39 is 0 Å². The molecule has 98 valence electrons. The zero-order chi connectivity index (χ0) is 13.4. The Balaban J connectivity index is 2.25. The minimum absolute atomic E-state index is 0.242. The minimum atomic E-state index is -0.386. The lowest BCUT2D eigenvalue weighted by Gasteiger charge is -2.05. The van der Waals surface area contributed by atoms with E-state index in [4.69, 9.17) is 0 Å². The molecule has 0 radical (unpaired) electrons. The molecule has 0 saturated heterocycles. The second kappa shape index (κ2) is 7.39. The van der Waals surface area contributed by atoms with Gasteiger partial charge in [0.2, 0.25) is 5.91 Å². The van der Waals surface area contributed by atoms with Crippen molar-refractivity contribution in [2.75, 3.05) is 13.7 Å². The molecular weight excluding hydrogens is 239 g/mol. The van der Waals surface area contributed by atoms with Gasteiger partial charge in [-0.15, -0.1) is 0 Å². The van der Waals surface area contributed by atoms with E-state index in [1.54, 1.807) is 0 Å². The first kappa shape index (κ1) is 14.1. The van der Waals surface area contributed by atoms with Gasteiger partial charge in [0, 0.05) is 18.5 Å². The van der Waals surface area contributed by atoms with Gasteiger partial charge in [-0.25, -0.2) is 9.87 Å². The van der Waals surface area contributed by atoms with Crippen LogP contribution in [0.5, 0.6) is 0 Å². The number of carbonyl (C=O) groups is 2. The fourth-order valence-corrected chi connectivity index (χ4v) is 1.32. The van der Waals surface area contributed by atoms with Crippen LogP contribution in [0.25, 0.3) is 0 Å². The van der Waals surface area contributed by atoms with Crippen LogP contribution < -0.4 is 10.8 Å². The number of rotatable bonds is 6. The van der Waals surface area contributed by atoms with Crippen LogP contribution in [-0.4, -0.2) is 25.5 Å². The number of hydroxylamine groups is 1. The smallest absolute Gasteiger partial charge is 0.251 e. The minimum Gasteiger partial charge on any atom is -0.352 e. The summed E-state index contributed by atoms with van der Waals surface area (Å²) >= 11 is 0. The number of amides is 2. The molecule has 2 amide bonds. The second-order valence-corrected chi connectivity index (χ2v) is 3.60. The summed E-state index contributed by atoms with van der Waals surface area (Å²) in [5.41, 5.74) is 2.57. The van der Waals surface area contributed by atoms with Crippen LogP contribution in [0.4, 0.5) is 4.39 Å². The maximum Gasteiger partial charge on any atom is 0.251 e. The lowest BCUT2D eigenvalue weighted by atomic mass is 10.2. The third-order valence-electron chi connectivity index (χ3n) is 2.19. The number of benzene rings is 1. The predicted octanol–water partition coefficient (Wildman–Crippen LogP) is 1.01. The number of halogens is 1. The maximum atomic E-state index is 12.6. The molecule has 0 aliphatic rings. The maximum absolute atomic E-state index is 12.6. The molecule has 0 aromatic heterocycles. The Bertz CT molecular complexity index is 406. The summed E-state index contributed by atoms with van der Waals surface area (Å²) in [5.74, 6) is -0.918. The van der Waals surface area contributed by atoms with Crippen molar-refractivity contribution in [2.24, 2.45) is 0 Å². The molecule has 0 aliphatic heterocycles. The van der Waals surface area contributed by atoms with E-state index in [1.165, 1.54) is 31.4 Å². The SMILES string of the molecule is CONC(=O)CCCNC(=O)c1ccc(F)cc1. The van der Waals surface area contributed by atoms with E-state index in [2.05, 4.69) is 15.6 Å². The second-order valence-electron chi connectivity index (χ2n) is 3.60. The highest BCUT2D eigenvalue weighted by Gasteiger charge is 2.05. The van der Waals surface area contributed by atoms with Gasteiger partial charge >= 0.3 is 0 Å². The first-order valence-electron chi connectivity index (χ1n) is 5.49. The van der Waals surface area contributed by atoms with Crippen molar-refractivity contribution in [1.82, 2.24) is 10.8 Å². The van der Waals surface area contributed by atoms with Crippen molar-refractivity contribution in [2.45, 2.75) is 12.8 Å². The molecule has 0 heterocycles. The fraction of sp³-hybridized carbons (Fsp3) is 0.333. The molecule has 1 aromatic carbocycles. The normalized spacial score (nSPS) is 9.89. The Labute approximate surface area is 104 Å². The quantitative estimate of drug-likeness (QED) is 0.588. The Morgan fingerprint density at radius 1 is 1.28 bits per heavy atom. The largest absolute Gasteiger partial charge is 0.352 e. The third kappa shape index (κ3) is 4.92. The van der Waals surface area contributed by atoms with Gasteiger partial charge in [-0.2, -0.15) is 0 Å². The molecule has 0 bridgehead atoms. The average molecular weight is 254 g/mol. The van der Waals surface area contributed by atoms with Gasteiger partial charge in [0.15, 0.2) is 0 Å². The molecule has 0 aliphatic carbocycles. The van der Waals surface area contributed by atoms with Crippen LogP contribution in [0.3, 0.4) is 0 Å². The standard InChI is InChI=1S/C12H15FN2O3/c1-18-15-11(16)3-2-8-14-12(17)9-4-6-10(13)7-5-9/h4-7H,2-3,8H2,1H3,(H,14,17)(H,15,16). The lowest BCUT2D eigenvalue weighted by Crippen LogP contribution is -2.27. The number of nitrogens with one attached hydrogen (secondary N) is 2. The molecule has 1 aromatic rings. The van der Waals surface area contributed by atoms with Crippen LogP contribution in [0.15, 0.2) is 24.3 Å². The summed E-state index contributed by atoms with van der Waals surface area (Å²) in [6, 6.07) is 5.26. The molecule has 5 nitrogen and oxygen atoms in total. The van der Waals surface area contributed by atoms with E-state index >= 15 is 0 Å². The van der Waals surface area contributed by atoms with Crippen LogP contribution in [0, 0.1) is 5.82 Å². The molecule has 2 N–H and O–H groups in total. The molecule has 0 saturated carbocycles. The number of hydrogen-bond acceptors (Lipinski definition) is 3. The first-order valence-corrected chi connectivity index (χ1v) is 5.49. The van der Waals surface area contributed by atoms with E-state index in [9.17, 15) is 14.0 Å². The van der Waals surface area contributed by atoms with Crippen molar-refractivity contribution < 1.29 is 18.8 Å².